The summed E-state index contributed by atoms with van der Waals surface area (Å²) in [4.78, 5) is 15.2. The van der Waals surface area contributed by atoms with E-state index < -0.39 is 0 Å². The number of hydrogen-bond donors (Lipinski definition) is 0. The zero-order chi connectivity index (χ0) is 34.6. The maximum absolute atomic E-state index is 9.30. The van der Waals surface area contributed by atoms with Gasteiger partial charge in [-0.3, -0.25) is 0 Å². The van der Waals surface area contributed by atoms with Gasteiger partial charge in [0.05, 0.1) is 11.6 Å². The second-order valence-electron chi connectivity index (χ2n) is 15.5. The minimum absolute atomic E-state index is 0.381. The van der Waals surface area contributed by atoms with Crippen LogP contribution in [0, 0.1) is 29.1 Å². The summed E-state index contributed by atoms with van der Waals surface area (Å²) in [5, 5.41) is 11.5. The molecule has 4 nitrogen and oxygen atoms in total. The van der Waals surface area contributed by atoms with Gasteiger partial charge in [0, 0.05) is 16.7 Å². The summed E-state index contributed by atoms with van der Waals surface area (Å²) in [6.07, 6.45) is 8.51. The molecule has 4 aliphatic rings. The summed E-state index contributed by atoms with van der Waals surface area (Å²) in [6, 6.07) is 51.1. The van der Waals surface area contributed by atoms with Crippen LogP contribution in [0.15, 0.2) is 140 Å². The third-order valence-corrected chi connectivity index (χ3v) is 12.1. The second-order valence-corrected chi connectivity index (χ2v) is 15.5. The molecule has 4 saturated carbocycles. The van der Waals surface area contributed by atoms with E-state index in [1.807, 2.05) is 36.4 Å². The molecule has 0 N–H and O–H groups in total. The second kappa shape index (κ2) is 12.4. The van der Waals surface area contributed by atoms with Crippen molar-refractivity contribution < 1.29 is 0 Å². The Labute approximate surface area is 304 Å². The molecule has 11 rings (SSSR count). The van der Waals surface area contributed by atoms with Gasteiger partial charge in [-0.05, 0) is 118 Å². The Morgan fingerprint density at radius 1 is 0.462 bits per heavy atom. The lowest BCUT2D eigenvalue weighted by Gasteiger charge is -2.57. The highest BCUT2D eigenvalue weighted by Gasteiger charge is 2.51. The summed E-state index contributed by atoms with van der Waals surface area (Å²) >= 11 is 0. The normalized spacial score (nSPS) is 21.6. The summed E-state index contributed by atoms with van der Waals surface area (Å²) in [5.74, 6) is 4.75. The van der Waals surface area contributed by atoms with Crippen LogP contribution in [0.3, 0.4) is 0 Å². The summed E-state index contributed by atoms with van der Waals surface area (Å²) in [7, 11) is 0. The molecule has 1 aromatic heterocycles. The maximum Gasteiger partial charge on any atom is 0.164 e. The van der Waals surface area contributed by atoms with E-state index in [-0.39, 0.29) is 0 Å². The Kier molecular flexibility index (Phi) is 7.35. The highest BCUT2D eigenvalue weighted by Crippen LogP contribution is 2.60. The Bertz CT molecular complexity index is 2460. The summed E-state index contributed by atoms with van der Waals surface area (Å²) in [5.41, 5.74) is 10.0. The Balaban J connectivity index is 1.01. The molecule has 52 heavy (non-hydrogen) atoms. The molecule has 0 amide bonds. The predicted molar refractivity (Wildman–Crippen MR) is 209 cm³/mol. The highest BCUT2D eigenvalue weighted by atomic mass is 15.0. The first-order valence-electron chi connectivity index (χ1n) is 18.7. The van der Waals surface area contributed by atoms with Gasteiger partial charge < -0.3 is 0 Å². The van der Waals surface area contributed by atoms with E-state index in [0.29, 0.717) is 28.5 Å². The largest absolute Gasteiger partial charge is 0.208 e. The maximum atomic E-state index is 9.30. The molecule has 4 aliphatic carbocycles. The van der Waals surface area contributed by atoms with E-state index in [4.69, 9.17) is 15.0 Å². The molecule has 0 atom stereocenters. The van der Waals surface area contributed by atoms with Crippen LogP contribution in [-0.4, -0.2) is 15.0 Å². The molecule has 6 aromatic carbocycles. The molecule has 0 unspecified atom stereocenters. The van der Waals surface area contributed by atoms with E-state index in [2.05, 4.69) is 109 Å². The van der Waals surface area contributed by atoms with Crippen LogP contribution in [-0.2, 0) is 5.41 Å². The molecule has 0 saturated heterocycles. The van der Waals surface area contributed by atoms with Crippen LogP contribution in [0.2, 0.25) is 0 Å². The van der Waals surface area contributed by atoms with Crippen molar-refractivity contribution >= 4 is 10.8 Å². The number of benzene rings is 6. The van der Waals surface area contributed by atoms with Gasteiger partial charge in [-0.2, -0.15) is 5.26 Å². The molecule has 4 bridgehead atoms. The van der Waals surface area contributed by atoms with Crippen molar-refractivity contribution in [3.63, 3.8) is 0 Å². The minimum atomic E-state index is 0.381. The van der Waals surface area contributed by atoms with Crippen molar-refractivity contribution in [2.75, 3.05) is 0 Å². The molecular formula is C48H38N4. The van der Waals surface area contributed by atoms with Gasteiger partial charge in [0.15, 0.2) is 17.5 Å². The Morgan fingerprint density at radius 2 is 0.981 bits per heavy atom. The fourth-order valence-electron chi connectivity index (χ4n) is 10.0. The average Bonchev–Trinajstić information content (AvgIpc) is 3.20. The first-order valence-corrected chi connectivity index (χ1v) is 18.7. The molecule has 0 aliphatic heterocycles. The molecule has 4 heteroatoms. The third-order valence-electron chi connectivity index (χ3n) is 12.1. The van der Waals surface area contributed by atoms with Gasteiger partial charge in [-0.1, -0.05) is 121 Å². The van der Waals surface area contributed by atoms with Crippen molar-refractivity contribution in [1.29, 1.82) is 5.26 Å². The number of nitriles is 1. The lowest BCUT2D eigenvalue weighted by molar-refractivity contribution is -0.00518. The quantitative estimate of drug-likeness (QED) is 0.177. The molecule has 0 radical (unpaired) electrons. The number of hydrogen-bond acceptors (Lipinski definition) is 4. The summed E-state index contributed by atoms with van der Waals surface area (Å²) in [6.45, 7) is 0. The van der Waals surface area contributed by atoms with Crippen molar-refractivity contribution in [2.45, 2.75) is 43.9 Å². The van der Waals surface area contributed by atoms with Gasteiger partial charge in [0.1, 0.15) is 0 Å². The van der Waals surface area contributed by atoms with Crippen LogP contribution >= 0.6 is 0 Å². The van der Waals surface area contributed by atoms with Crippen molar-refractivity contribution in [3.8, 4) is 62.5 Å². The zero-order valence-electron chi connectivity index (χ0n) is 29.0. The fourth-order valence-corrected chi connectivity index (χ4v) is 10.0. The van der Waals surface area contributed by atoms with Crippen LogP contribution in [0.1, 0.15) is 49.7 Å². The molecule has 0 spiro atoms. The van der Waals surface area contributed by atoms with Crippen molar-refractivity contribution in [3.05, 3.63) is 151 Å². The van der Waals surface area contributed by atoms with Crippen molar-refractivity contribution in [2.24, 2.45) is 17.8 Å². The van der Waals surface area contributed by atoms with Gasteiger partial charge >= 0.3 is 0 Å². The molecule has 250 valence electrons. The number of nitrogens with zero attached hydrogens (tertiary/aromatic N) is 4. The number of rotatable bonds is 6. The van der Waals surface area contributed by atoms with Crippen LogP contribution in [0.4, 0.5) is 0 Å². The van der Waals surface area contributed by atoms with Gasteiger partial charge in [-0.25, -0.2) is 15.0 Å². The predicted octanol–water partition coefficient (Wildman–Crippen LogP) is 11.7. The highest BCUT2D eigenvalue weighted by molar-refractivity contribution is 5.88. The Morgan fingerprint density at radius 3 is 1.65 bits per heavy atom. The lowest BCUT2D eigenvalue weighted by atomic mass is 9.48. The first kappa shape index (κ1) is 30.9. The standard InChI is InChI=1S/C48H38N4/c49-30-31-10-11-41-26-40(17-16-39(41)25-31)35-12-14-38(15-13-35)46-50-45(37-6-2-1-3-7-37)51-47(52-46)44-9-5-4-8-43(44)36-18-20-42(21-19-36)48-27-32-22-33(28-48)24-34(23-32)29-48/h1-21,25-26,32-34H,22-24,27-29H2/t32-,33+,34-,48?. The smallest absolute Gasteiger partial charge is 0.164 e. The van der Waals surface area contributed by atoms with Gasteiger partial charge in [0.2, 0.25) is 0 Å². The van der Waals surface area contributed by atoms with Crippen molar-refractivity contribution in [1.82, 2.24) is 15.0 Å². The van der Waals surface area contributed by atoms with Crippen LogP contribution < -0.4 is 0 Å². The van der Waals surface area contributed by atoms with E-state index in [0.717, 1.165) is 61.9 Å². The topological polar surface area (TPSA) is 62.5 Å². The SMILES string of the molecule is N#Cc1ccc2cc(-c3ccc(-c4nc(-c5ccccc5)nc(-c5ccccc5-c5ccc(C67C[C@H]8C[C@@H](C6)C[C@@H](C7)C8)cc5)n4)cc3)ccc2c1. The number of aromatic nitrogens is 3. The lowest BCUT2D eigenvalue weighted by Crippen LogP contribution is -2.48. The summed E-state index contributed by atoms with van der Waals surface area (Å²) < 4.78 is 0. The van der Waals surface area contributed by atoms with Crippen LogP contribution in [0.5, 0.6) is 0 Å². The van der Waals surface area contributed by atoms with Gasteiger partial charge in [-0.15, -0.1) is 0 Å². The van der Waals surface area contributed by atoms with Crippen LogP contribution in [0.25, 0.3) is 67.2 Å². The van der Waals surface area contributed by atoms with E-state index in [1.54, 1.807) is 5.56 Å². The van der Waals surface area contributed by atoms with E-state index in [1.165, 1.54) is 44.1 Å². The third kappa shape index (κ3) is 5.49. The minimum Gasteiger partial charge on any atom is -0.208 e. The zero-order valence-corrected chi connectivity index (χ0v) is 29.0. The first-order chi connectivity index (χ1) is 25.6. The van der Waals surface area contributed by atoms with E-state index in [9.17, 15) is 5.26 Å². The molecule has 4 fully saturated rings. The van der Waals surface area contributed by atoms with Gasteiger partial charge in [0.25, 0.3) is 0 Å². The monoisotopic (exact) mass is 670 g/mol. The molecule has 1 heterocycles. The fraction of sp³-hybridized carbons (Fsp3) is 0.208. The molecular weight excluding hydrogens is 633 g/mol. The Hall–Kier alpha value is -5.92. The molecule has 7 aromatic rings. The number of fused-ring (bicyclic) bond motifs is 1. The van der Waals surface area contributed by atoms with E-state index >= 15 is 0 Å². The average molecular weight is 671 g/mol.